The van der Waals surface area contributed by atoms with E-state index in [4.69, 9.17) is 14.9 Å². The summed E-state index contributed by atoms with van der Waals surface area (Å²) in [6.45, 7) is 0.902. The topological polar surface area (TPSA) is 128 Å². The van der Waals surface area contributed by atoms with Crippen molar-refractivity contribution in [2.75, 3.05) is 6.61 Å². The van der Waals surface area contributed by atoms with Crippen LogP contribution in [-0.2, 0) is 11.4 Å². The maximum absolute atomic E-state index is 13.7. The van der Waals surface area contributed by atoms with Gasteiger partial charge in [-0.25, -0.2) is 9.37 Å². The van der Waals surface area contributed by atoms with E-state index in [-0.39, 0.29) is 18.1 Å². The van der Waals surface area contributed by atoms with Gasteiger partial charge < -0.3 is 25.3 Å². The molecule has 3 rings (SSSR count). The third kappa shape index (κ3) is 3.94. The summed E-state index contributed by atoms with van der Waals surface area (Å²) < 4.78 is 24.8. The van der Waals surface area contributed by atoms with Gasteiger partial charge >= 0.3 is 0 Å². The monoisotopic (exact) mass is 387 g/mol. The van der Waals surface area contributed by atoms with Crippen molar-refractivity contribution >= 4 is 22.8 Å². The summed E-state index contributed by atoms with van der Waals surface area (Å²) in [4.78, 5) is 27.9. The number of carbonyl (C=O) groups excluding carboxylic acids is 2. The molecule has 0 saturated heterocycles. The second kappa shape index (κ2) is 8.05. The number of aliphatic hydroxyl groups is 1. The number of amides is 2. The van der Waals surface area contributed by atoms with Gasteiger partial charge in [0.15, 0.2) is 5.58 Å². The molecule has 0 aliphatic heterocycles. The van der Waals surface area contributed by atoms with Crippen LogP contribution < -0.4 is 15.8 Å². The maximum Gasteiger partial charge on any atom is 0.256 e. The van der Waals surface area contributed by atoms with Crippen molar-refractivity contribution in [2.24, 2.45) is 5.73 Å². The average molecular weight is 387 g/mol. The molecule has 0 fully saturated rings. The summed E-state index contributed by atoms with van der Waals surface area (Å²) in [6.07, 6.45) is 1.38. The van der Waals surface area contributed by atoms with Gasteiger partial charge in [-0.3, -0.25) is 9.59 Å². The number of furan rings is 1. The van der Waals surface area contributed by atoms with Crippen LogP contribution in [0.5, 0.6) is 5.88 Å². The standard InChI is InChI=1S/C19H18FN3O5/c1-10-17(19(26)23-14(8-24)18(21)25)12-6-16(22-7-15(12)28-10)27-9-11-4-2-3-5-13(11)20/h2-7,14,24H,8-9H2,1H3,(H2,21,25)(H,23,26). The zero-order valence-electron chi connectivity index (χ0n) is 14.9. The summed E-state index contributed by atoms with van der Waals surface area (Å²) in [5, 5.41) is 11.9. The molecule has 146 valence electrons. The highest BCUT2D eigenvalue weighted by atomic mass is 19.1. The lowest BCUT2D eigenvalue weighted by Crippen LogP contribution is -2.46. The predicted octanol–water partition coefficient (Wildman–Crippen LogP) is 1.43. The fraction of sp³-hybridized carbons (Fsp3) is 0.211. The molecule has 1 aromatic carbocycles. The molecule has 2 aromatic heterocycles. The molecule has 9 heteroatoms. The number of pyridine rings is 1. The number of aliphatic hydroxyl groups excluding tert-OH is 1. The first-order chi connectivity index (χ1) is 13.4. The van der Waals surface area contributed by atoms with E-state index in [0.717, 1.165) is 0 Å². The Bertz CT molecular complexity index is 1030. The molecule has 0 radical (unpaired) electrons. The third-order valence-corrected chi connectivity index (χ3v) is 4.12. The molecule has 0 spiro atoms. The quantitative estimate of drug-likeness (QED) is 0.563. The van der Waals surface area contributed by atoms with Gasteiger partial charge in [-0.2, -0.15) is 0 Å². The zero-order valence-corrected chi connectivity index (χ0v) is 14.9. The summed E-state index contributed by atoms with van der Waals surface area (Å²) in [5.74, 6) is -1.44. The Morgan fingerprint density at radius 3 is 2.82 bits per heavy atom. The second-order valence-corrected chi connectivity index (χ2v) is 6.04. The van der Waals surface area contributed by atoms with Crippen LogP contribution in [0.2, 0.25) is 0 Å². The van der Waals surface area contributed by atoms with Gasteiger partial charge in [-0.15, -0.1) is 0 Å². The van der Waals surface area contributed by atoms with E-state index in [1.54, 1.807) is 25.1 Å². The highest BCUT2D eigenvalue weighted by Gasteiger charge is 2.24. The molecule has 0 aliphatic carbocycles. The number of aryl methyl sites for hydroxylation is 1. The molecule has 0 bridgehead atoms. The van der Waals surface area contributed by atoms with Crippen molar-refractivity contribution < 1.29 is 28.2 Å². The van der Waals surface area contributed by atoms with Crippen molar-refractivity contribution in [3.05, 3.63) is 59.2 Å². The maximum atomic E-state index is 13.7. The van der Waals surface area contributed by atoms with Gasteiger partial charge in [0.1, 0.15) is 24.2 Å². The van der Waals surface area contributed by atoms with Gasteiger partial charge in [0.05, 0.1) is 18.4 Å². The summed E-state index contributed by atoms with van der Waals surface area (Å²) in [5.41, 5.74) is 5.99. The Balaban J connectivity index is 1.86. The Morgan fingerprint density at radius 1 is 1.39 bits per heavy atom. The molecule has 0 saturated carbocycles. The number of rotatable bonds is 7. The first-order valence-electron chi connectivity index (χ1n) is 8.37. The molecule has 0 aliphatic rings. The number of halogens is 1. The van der Waals surface area contributed by atoms with Gasteiger partial charge in [-0.1, -0.05) is 18.2 Å². The number of aromatic nitrogens is 1. The average Bonchev–Trinajstić information content (AvgIpc) is 3.00. The molecule has 2 amide bonds. The molecule has 3 aromatic rings. The minimum absolute atomic E-state index is 0.0438. The van der Waals surface area contributed by atoms with Crippen LogP contribution in [0.15, 0.2) is 40.9 Å². The minimum atomic E-state index is -1.23. The van der Waals surface area contributed by atoms with Crippen LogP contribution in [0.4, 0.5) is 4.39 Å². The van der Waals surface area contributed by atoms with E-state index in [1.165, 1.54) is 18.3 Å². The van der Waals surface area contributed by atoms with Gasteiger partial charge in [0.25, 0.3) is 5.91 Å². The number of nitrogens with one attached hydrogen (secondary N) is 1. The first-order valence-corrected chi connectivity index (χ1v) is 8.37. The fourth-order valence-corrected chi connectivity index (χ4v) is 2.67. The molecular formula is C19H18FN3O5. The van der Waals surface area contributed by atoms with Crippen molar-refractivity contribution in [1.29, 1.82) is 0 Å². The van der Waals surface area contributed by atoms with E-state index < -0.39 is 30.3 Å². The number of nitrogens with two attached hydrogens (primary N) is 1. The van der Waals surface area contributed by atoms with Gasteiger partial charge in [0, 0.05) is 17.0 Å². The number of hydrogen-bond donors (Lipinski definition) is 3. The molecular weight excluding hydrogens is 369 g/mol. The number of ether oxygens (including phenoxy) is 1. The Labute approximate surface area is 159 Å². The fourth-order valence-electron chi connectivity index (χ4n) is 2.67. The van der Waals surface area contributed by atoms with Crippen molar-refractivity contribution in [3.63, 3.8) is 0 Å². The predicted molar refractivity (Wildman–Crippen MR) is 97.0 cm³/mol. The lowest BCUT2D eigenvalue weighted by molar-refractivity contribution is -0.120. The summed E-state index contributed by atoms with van der Waals surface area (Å²) in [7, 11) is 0. The molecule has 4 N–H and O–H groups in total. The summed E-state index contributed by atoms with van der Waals surface area (Å²) >= 11 is 0. The Morgan fingerprint density at radius 2 is 2.14 bits per heavy atom. The second-order valence-electron chi connectivity index (χ2n) is 6.04. The van der Waals surface area contributed by atoms with Crippen LogP contribution in [0.1, 0.15) is 21.7 Å². The van der Waals surface area contributed by atoms with Crippen LogP contribution in [0, 0.1) is 12.7 Å². The van der Waals surface area contributed by atoms with Crippen LogP contribution in [-0.4, -0.2) is 34.6 Å². The number of hydrogen-bond acceptors (Lipinski definition) is 6. The van der Waals surface area contributed by atoms with Crippen LogP contribution in [0.3, 0.4) is 0 Å². The highest BCUT2D eigenvalue weighted by molar-refractivity contribution is 6.08. The SMILES string of the molecule is Cc1oc2cnc(OCc3ccccc3F)cc2c1C(=O)NC(CO)C(N)=O. The molecule has 28 heavy (non-hydrogen) atoms. The van der Waals surface area contributed by atoms with Crippen molar-refractivity contribution in [3.8, 4) is 5.88 Å². The number of carbonyl (C=O) groups is 2. The largest absolute Gasteiger partial charge is 0.473 e. The number of benzene rings is 1. The summed E-state index contributed by atoms with van der Waals surface area (Å²) in [6, 6.07) is 6.45. The van der Waals surface area contributed by atoms with Crippen LogP contribution in [0.25, 0.3) is 11.0 Å². The van der Waals surface area contributed by atoms with E-state index in [0.29, 0.717) is 22.3 Å². The van der Waals surface area contributed by atoms with Gasteiger partial charge in [0.2, 0.25) is 11.8 Å². The lowest BCUT2D eigenvalue weighted by atomic mass is 10.1. The number of primary amides is 1. The Kier molecular flexibility index (Phi) is 5.55. The van der Waals surface area contributed by atoms with Gasteiger partial charge in [-0.05, 0) is 13.0 Å². The highest BCUT2D eigenvalue weighted by Crippen LogP contribution is 2.28. The smallest absolute Gasteiger partial charge is 0.256 e. The minimum Gasteiger partial charge on any atom is -0.473 e. The Hall–Kier alpha value is -3.46. The van der Waals surface area contributed by atoms with E-state index in [1.807, 2.05) is 0 Å². The zero-order chi connectivity index (χ0) is 20.3. The van der Waals surface area contributed by atoms with Crippen LogP contribution >= 0.6 is 0 Å². The first kappa shape index (κ1) is 19.3. The van der Waals surface area contributed by atoms with Crippen molar-refractivity contribution in [2.45, 2.75) is 19.6 Å². The van der Waals surface area contributed by atoms with E-state index in [2.05, 4.69) is 10.3 Å². The normalized spacial score (nSPS) is 12.0. The molecule has 2 heterocycles. The van der Waals surface area contributed by atoms with Crippen molar-refractivity contribution in [1.82, 2.24) is 10.3 Å². The van der Waals surface area contributed by atoms with E-state index in [9.17, 15) is 19.1 Å². The number of fused-ring (bicyclic) bond motifs is 1. The molecule has 8 nitrogen and oxygen atoms in total. The number of nitrogens with zero attached hydrogens (tertiary/aromatic N) is 1. The lowest BCUT2D eigenvalue weighted by Gasteiger charge is -2.12. The molecule has 1 unspecified atom stereocenters. The molecule has 1 atom stereocenters. The third-order valence-electron chi connectivity index (χ3n) is 4.12. The van der Waals surface area contributed by atoms with E-state index >= 15 is 0 Å².